The van der Waals surface area contributed by atoms with Crippen LogP contribution in [0.4, 0.5) is 0 Å². The SMILES string of the molecule is CCOc1c(C(CC(=O)O)C2CC2)ccc(C)c1C. The number of ether oxygens (including phenoxy) is 1. The molecule has 0 bridgehead atoms. The topological polar surface area (TPSA) is 46.5 Å². The van der Waals surface area contributed by atoms with Gasteiger partial charge in [0.15, 0.2) is 0 Å². The van der Waals surface area contributed by atoms with Gasteiger partial charge < -0.3 is 9.84 Å². The van der Waals surface area contributed by atoms with Crippen LogP contribution in [0.15, 0.2) is 12.1 Å². The number of benzene rings is 1. The van der Waals surface area contributed by atoms with E-state index in [0.717, 1.165) is 29.7 Å². The molecule has 1 atom stereocenters. The summed E-state index contributed by atoms with van der Waals surface area (Å²) in [6, 6.07) is 4.13. The zero-order chi connectivity index (χ0) is 14.0. The minimum Gasteiger partial charge on any atom is -0.493 e. The minimum atomic E-state index is -0.724. The number of carbonyl (C=O) groups is 1. The van der Waals surface area contributed by atoms with Crippen LogP contribution in [0.1, 0.15) is 48.8 Å². The van der Waals surface area contributed by atoms with Gasteiger partial charge in [-0.2, -0.15) is 0 Å². The highest BCUT2D eigenvalue weighted by atomic mass is 16.5. The highest BCUT2D eigenvalue weighted by molar-refractivity contribution is 5.68. The molecule has 1 unspecified atom stereocenters. The third-order valence-electron chi connectivity index (χ3n) is 3.98. The van der Waals surface area contributed by atoms with Crippen molar-refractivity contribution in [2.45, 2.75) is 46.0 Å². The summed E-state index contributed by atoms with van der Waals surface area (Å²) in [7, 11) is 0. The highest BCUT2D eigenvalue weighted by Crippen LogP contribution is 2.47. The third-order valence-corrected chi connectivity index (χ3v) is 3.98. The van der Waals surface area contributed by atoms with Crippen LogP contribution in [-0.4, -0.2) is 17.7 Å². The average Bonchev–Trinajstić information content (AvgIpc) is 3.17. The van der Waals surface area contributed by atoms with Crippen LogP contribution in [-0.2, 0) is 4.79 Å². The van der Waals surface area contributed by atoms with Crippen molar-refractivity contribution in [3.8, 4) is 5.75 Å². The zero-order valence-electron chi connectivity index (χ0n) is 11.9. The lowest BCUT2D eigenvalue weighted by molar-refractivity contribution is -0.137. The first kappa shape index (κ1) is 13.9. The van der Waals surface area contributed by atoms with Gasteiger partial charge >= 0.3 is 5.97 Å². The first-order valence-corrected chi connectivity index (χ1v) is 6.99. The lowest BCUT2D eigenvalue weighted by atomic mass is 9.88. The molecule has 0 radical (unpaired) electrons. The fourth-order valence-electron chi connectivity index (χ4n) is 2.66. The van der Waals surface area contributed by atoms with Crippen LogP contribution in [0.25, 0.3) is 0 Å². The lowest BCUT2D eigenvalue weighted by Crippen LogP contribution is -2.11. The Morgan fingerprint density at radius 3 is 2.63 bits per heavy atom. The molecule has 104 valence electrons. The summed E-state index contributed by atoms with van der Waals surface area (Å²) < 4.78 is 5.80. The summed E-state index contributed by atoms with van der Waals surface area (Å²) in [5, 5.41) is 9.13. The molecule has 1 N–H and O–H groups in total. The largest absolute Gasteiger partial charge is 0.493 e. The van der Waals surface area contributed by atoms with Gasteiger partial charge in [-0.05, 0) is 56.2 Å². The highest BCUT2D eigenvalue weighted by Gasteiger charge is 2.35. The van der Waals surface area contributed by atoms with Crippen LogP contribution in [0.2, 0.25) is 0 Å². The van der Waals surface area contributed by atoms with Crippen molar-refractivity contribution in [1.29, 1.82) is 0 Å². The Bertz CT molecular complexity index is 475. The summed E-state index contributed by atoms with van der Waals surface area (Å²) >= 11 is 0. The number of carboxylic acids is 1. The van der Waals surface area contributed by atoms with E-state index in [-0.39, 0.29) is 12.3 Å². The molecule has 0 heterocycles. The van der Waals surface area contributed by atoms with Crippen LogP contribution >= 0.6 is 0 Å². The molecule has 0 aromatic heterocycles. The van der Waals surface area contributed by atoms with Crippen molar-refractivity contribution >= 4 is 5.97 Å². The predicted octanol–water partition coefficient (Wildman–Crippen LogP) is 3.67. The van der Waals surface area contributed by atoms with Crippen LogP contribution in [0.3, 0.4) is 0 Å². The second-order valence-corrected chi connectivity index (χ2v) is 5.40. The molecule has 19 heavy (non-hydrogen) atoms. The Morgan fingerprint density at radius 1 is 1.42 bits per heavy atom. The molecule has 1 aliphatic rings. The summed E-state index contributed by atoms with van der Waals surface area (Å²) in [6.45, 7) is 6.69. The van der Waals surface area contributed by atoms with Gasteiger partial charge in [0.1, 0.15) is 5.75 Å². The van der Waals surface area contributed by atoms with Crippen molar-refractivity contribution in [2.75, 3.05) is 6.61 Å². The van der Waals surface area contributed by atoms with Gasteiger partial charge in [-0.15, -0.1) is 0 Å². The summed E-state index contributed by atoms with van der Waals surface area (Å²) in [6.07, 6.45) is 2.47. The van der Waals surface area contributed by atoms with Crippen LogP contribution in [0.5, 0.6) is 5.75 Å². The van der Waals surface area contributed by atoms with E-state index in [1.807, 2.05) is 6.92 Å². The fraction of sp³-hybridized carbons (Fsp3) is 0.562. The molecule has 3 heteroatoms. The number of hydrogen-bond acceptors (Lipinski definition) is 2. The monoisotopic (exact) mass is 262 g/mol. The van der Waals surface area contributed by atoms with Crippen LogP contribution in [0, 0.1) is 19.8 Å². The standard InChI is InChI=1S/C16H22O3/c1-4-19-16-11(3)10(2)5-8-13(16)14(9-15(17)18)12-6-7-12/h5,8,12,14H,4,6-7,9H2,1-3H3,(H,17,18). The van der Waals surface area contributed by atoms with Crippen LogP contribution < -0.4 is 4.74 Å². The number of hydrogen-bond donors (Lipinski definition) is 1. The van der Waals surface area contributed by atoms with Gasteiger partial charge in [0.2, 0.25) is 0 Å². The second kappa shape index (κ2) is 5.64. The Labute approximate surface area is 114 Å². The predicted molar refractivity (Wildman–Crippen MR) is 74.8 cm³/mol. The molecule has 0 aliphatic heterocycles. The van der Waals surface area contributed by atoms with E-state index in [9.17, 15) is 4.79 Å². The number of aryl methyl sites for hydroxylation is 1. The minimum absolute atomic E-state index is 0.0957. The van der Waals surface area contributed by atoms with Gasteiger partial charge in [-0.25, -0.2) is 0 Å². The molecule has 0 saturated heterocycles. The molecule has 0 spiro atoms. The quantitative estimate of drug-likeness (QED) is 0.850. The number of aliphatic carboxylic acids is 1. The molecule has 1 aromatic rings. The zero-order valence-corrected chi connectivity index (χ0v) is 11.9. The molecule has 1 saturated carbocycles. The lowest BCUT2D eigenvalue weighted by Gasteiger charge is -2.21. The van der Waals surface area contributed by atoms with Crippen molar-refractivity contribution in [1.82, 2.24) is 0 Å². The van der Waals surface area contributed by atoms with Gasteiger partial charge in [0.25, 0.3) is 0 Å². The number of rotatable bonds is 6. The summed E-state index contributed by atoms with van der Waals surface area (Å²) in [5.41, 5.74) is 3.40. The first-order valence-electron chi connectivity index (χ1n) is 6.99. The molecule has 1 fully saturated rings. The maximum absolute atomic E-state index is 11.1. The fourth-order valence-corrected chi connectivity index (χ4v) is 2.66. The molecular weight excluding hydrogens is 240 g/mol. The van der Waals surface area contributed by atoms with Crippen molar-refractivity contribution < 1.29 is 14.6 Å². The van der Waals surface area contributed by atoms with E-state index in [1.54, 1.807) is 0 Å². The summed E-state index contributed by atoms with van der Waals surface area (Å²) in [5.74, 6) is 0.786. The van der Waals surface area contributed by atoms with E-state index in [2.05, 4.69) is 26.0 Å². The van der Waals surface area contributed by atoms with E-state index >= 15 is 0 Å². The maximum atomic E-state index is 11.1. The van der Waals surface area contributed by atoms with Gasteiger partial charge in [0, 0.05) is 5.92 Å². The Hall–Kier alpha value is -1.51. The van der Waals surface area contributed by atoms with E-state index < -0.39 is 5.97 Å². The second-order valence-electron chi connectivity index (χ2n) is 5.40. The smallest absolute Gasteiger partial charge is 0.303 e. The average molecular weight is 262 g/mol. The van der Waals surface area contributed by atoms with Crippen molar-refractivity contribution in [2.24, 2.45) is 5.92 Å². The molecule has 2 rings (SSSR count). The van der Waals surface area contributed by atoms with Gasteiger partial charge in [-0.1, -0.05) is 12.1 Å². The first-order chi connectivity index (χ1) is 9.04. The molecule has 1 aromatic carbocycles. The molecule has 0 amide bonds. The van der Waals surface area contributed by atoms with E-state index in [1.165, 1.54) is 5.56 Å². The van der Waals surface area contributed by atoms with E-state index in [4.69, 9.17) is 9.84 Å². The number of carboxylic acid groups (broad SMARTS) is 1. The van der Waals surface area contributed by atoms with Crippen molar-refractivity contribution in [3.05, 3.63) is 28.8 Å². The molecular formula is C16H22O3. The summed E-state index contributed by atoms with van der Waals surface area (Å²) in [4.78, 5) is 11.1. The van der Waals surface area contributed by atoms with Gasteiger partial charge in [0.05, 0.1) is 13.0 Å². The maximum Gasteiger partial charge on any atom is 0.303 e. The Balaban J connectivity index is 2.40. The molecule has 1 aliphatic carbocycles. The van der Waals surface area contributed by atoms with Crippen molar-refractivity contribution in [3.63, 3.8) is 0 Å². The Morgan fingerprint density at radius 2 is 2.11 bits per heavy atom. The molecule has 3 nitrogen and oxygen atoms in total. The third kappa shape index (κ3) is 3.09. The van der Waals surface area contributed by atoms with Gasteiger partial charge in [-0.3, -0.25) is 4.79 Å². The normalized spacial score (nSPS) is 16.2. The van der Waals surface area contributed by atoms with E-state index in [0.29, 0.717) is 12.5 Å². The Kier molecular flexibility index (Phi) is 4.13.